The van der Waals surface area contributed by atoms with E-state index in [1.165, 1.54) is 5.57 Å². The van der Waals surface area contributed by atoms with Gasteiger partial charge in [0.1, 0.15) is 11.8 Å². The molecule has 0 amide bonds. The molecule has 0 aromatic carbocycles. The molecule has 0 saturated heterocycles. The molecule has 0 spiro atoms. The Balaban J connectivity index is 2.05. The summed E-state index contributed by atoms with van der Waals surface area (Å²) in [5.41, 5.74) is 8.15. The van der Waals surface area contributed by atoms with Gasteiger partial charge in [0.2, 0.25) is 5.95 Å². The number of rotatable bonds is 2. The third-order valence-electron chi connectivity index (χ3n) is 2.71. The van der Waals surface area contributed by atoms with Crippen molar-refractivity contribution in [2.45, 2.75) is 6.42 Å². The number of nitrogens with zero attached hydrogens (tertiary/aromatic N) is 4. The molecule has 0 bridgehead atoms. The number of hydrogen-bond acceptors (Lipinski definition) is 5. The molecule has 6 heteroatoms. The van der Waals surface area contributed by atoms with Crippen LogP contribution in [0.2, 0.25) is 0 Å². The molecule has 1 aliphatic carbocycles. The van der Waals surface area contributed by atoms with Gasteiger partial charge in [0.25, 0.3) is 0 Å². The molecule has 2 aromatic rings. The zero-order chi connectivity index (χ0) is 11.1. The van der Waals surface area contributed by atoms with Gasteiger partial charge in [-0.2, -0.15) is 4.98 Å². The van der Waals surface area contributed by atoms with Crippen LogP contribution in [0.5, 0.6) is 0 Å². The van der Waals surface area contributed by atoms with Crippen molar-refractivity contribution in [1.29, 1.82) is 0 Å². The lowest BCUT2D eigenvalue weighted by molar-refractivity contribution is 0.281. The lowest BCUT2D eigenvalue weighted by Gasteiger charge is -1.95. The van der Waals surface area contributed by atoms with Gasteiger partial charge in [0.05, 0.1) is 6.20 Å². The Labute approximate surface area is 91.5 Å². The van der Waals surface area contributed by atoms with E-state index in [9.17, 15) is 0 Å². The molecule has 0 radical (unpaired) electrons. The van der Waals surface area contributed by atoms with Crippen LogP contribution < -0.4 is 5.73 Å². The standard InChI is InChI=1S/C10H11N5O/c11-10-12-2-8-9(14-10)15(5-13-8)3-6-1-7(6)4-16/h2-3,5,7,16H,1,4H2,(H2,11,12,14)/b6-3+. The van der Waals surface area contributed by atoms with Crippen LogP contribution in [0.25, 0.3) is 17.4 Å². The van der Waals surface area contributed by atoms with E-state index >= 15 is 0 Å². The molecular weight excluding hydrogens is 206 g/mol. The van der Waals surface area contributed by atoms with Crippen molar-refractivity contribution in [3.05, 3.63) is 18.1 Å². The zero-order valence-corrected chi connectivity index (χ0v) is 8.54. The maximum atomic E-state index is 8.95. The predicted molar refractivity (Wildman–Crippen MR) is 59.2 cm³/mol. The molecule has 3 N–H and O–H groups in total. The number of hydrogen-bond donors (Lipinski definition) is 2. The van der Waals surface area contributed by atoms with E-state index < -0.39 is 0 Å². The van der Waals surface area contributed by atoms with Crippen LogP contribution in [-0.4, -0.2) is 31.2 Å². The number of aromatic nitrogens is 4. The fraction of sp³-hybridized carbons (Fsp3) is 0.300. The highest BCUT2D eigenvalue weighted by Crippen LogP contribution is 2.37. The van der Waals surface area contributed by atoms with Crippen molar-refractivity contribution in [3.8, 4) is 0 Å². The van der Waals surface area contributed by atoms with Gasteiger partial charge in [0.15, 0.2) is 5.65 Å². The van der Waals surface area contributed by atoms with Crippen molar-refractivity contribution in [2.75, 3.05) is 12.3 Å². The fourth-order valence-corrected chi connectivity index (χ4v) is 1.68. The van der Waals surface area contributed by atoms with Crippen LogP contribution >= 0.6 is 0 Å². The Hall–Kier alpha value is -1.95. The molecule has 16 heavy (non-hydrogen) atoms. The molecule has 1 unspecified atom stereocenters. The molecule has 2 heterocycles. The summed E-state index contributed by atoms with van der Waals surface area (Å²) in [5.74, 6) is 0.541. The van der Waals surface area contributed by atoms with Gasteiger partial charge in [-0.3, -0.25) is 4.57 Å². The number of aliphatic hydroxyl groups excluding tert-OH is 1. The third kappa shape index (κ3) is 1.43. The first kappa shape index (κ1) is 9.29. The second-order valence-electron chi connectivity index (χ2n) is 3.88. The summed E-state index contributed by atoms with van der Waals surface area (Å²) in [7, 11) is 0. The zero-order valence-electron chi connectivity index (χ0n) is 8.54. The normalized spacial score (nSPS) is 21.8. The Morgan fingerprint density at radius 2 is 2.44 bits per heavy atom. The van der Waals surface area contributed by atoms with Crippen LogP contribution in [0.15, 0.2) is 18.1 Å². The fourth-order valence-electron chi connectivity index (χ4n) is 1.68. The smallest absolute Gasteiger partial charge is 0.222 e. The Morgan fingerprint density at radius 3 is 3.19 bits per heavy atom. The van der Waals surface area contributed by atoms with Crippen molar-refractivity contribution in [3.63, 3.8) is 0 Å². The van der Waals surface area contributed by atoms with E-state index in [0.29, 0.717) is 17.1 Å². The summed E-state index contributed by atoms with van der Waals surface area (Å²) < 4.78 is 1.82. The minimum absolute atomic E-state index is 0.204. The number of aliphatic hydroxyl groups is 1. The average Bonchev–Trinajstić information content (AvgIpc) is 2.93. The molecule has 1 atom stereocenters. The minimum atomic E-state index is 0.204. The van der Waals surface area contributed by atoms with Gasteiger partial charge in [-0.25, -0.2) is 9.97 Å². The van der Waals surface area contributed by atoms with E-state index in [4.69, 9.17) is 10.8 Å². The van der Waals surface area contributed by atoms with Gasteiger partial charge in [-0.1, -0.05) is 0 Å². The largest absolute Gasteiger partial charge is 0.396 e. The summed E-state index contributed by atoms with van der Waals surface area (Å²) in [5, 5.41) is 8.95. The third-order valence-corrected chi connectivity index (χ3v) is 2.71. The van der Waals surface area contributed by atoms with E-state index in [1.807, 2.05) is 10.8 Å². The van der Waals surface area contributed by atoms with Crippen molar-refractivity contribution < 1.29 is 5.11 Å². The first-order chi connectivity index (χ1) is 7.78. The summed E-state index contributed by atoms with van der Waals surface area (Å²) >= 11 is 0. The second-order valence-corrected chi connectivity index (χ2v) is 3.88. The number of nitrogen functional groups attached to an aromatic ring is 1. The van der Waals surface area contributed by atoms with Crippen LogP contribution in [0, 0.1) is 5.92 Å². The monoisotopic (exact) mass is 217 g/mol. The van der Waals surface area contributed by atoms with Crippen LogP contribution in [0.3, 0.4) is 0 Å². The van der Waals surface area contributed by atoms with Gasteiger partial charge in [-0.05, 0) is 12.0 Å². The first-order valence-corrected chi connectivity index (χ1v) is 5.04. The molecule has 0 aliphatic heterocycles. The van der Waals surface area contributed by atoms with Gasteiger partial charge >= 0.3 is 0 Å². The van der Waals surface area contributed by atoms with Crippen LogP contribution in [0.1, 0.15) is 6.42 Å². The quantitative estimate of drug-likeness (QED) is 0.753. The highest BCUT2D eigenvalue weighted by Gasteiger charge is 2.28. The van der Waals surface area contributed by atoms with Crippen molar-refractivity contribution in [2.24, 2.45) is 5.92 Å². The molecule has 6 nitrogen and oxygen atoms in total. The molecule has 1 aliphatic rings. The summed E-state index contributed by atoms with van der Waals surface area (Å²) in [6.07, 6.45) is 6.17. The van der Waals surface area contributed by atoms with Crippen LogP contribution in [0.4, 0.5) is 5.95 Å². The molecule has 3 rings (SSSR count). The van der Waals surface area contributed by atoms with E-state index in [-0.39, 0.29) is 12.6 Å². The number of nitrogens with two attached hydrogens (primary N) is 1. The van der Waals surface area contributed by atoms with Gasteiger partial charge in [-0.15, -0.1) is 0 Å². The SMILES string of the molecule is Nc1ncc2ncn(/C=C3\CC3CO)c2n1. The maximum Gasteiger partial charge on any atom is 0.222 e. The van der Waals surface area contributed by atoms with E-state index in [0.717, 1.165) is 6.42 Å². The molecule has 2 aromatic heterocycles. The minimum Gasteiger partial charge on any atom is -0.396 e. The maximum absolute atomic E-state index is 8.95. The second kappa shape index (κ2) is 3.28. The van der Waals surface area contributed by atoms with E-state index in [1.54, 1.807) is 12.5 Å². The number of anilines is 1. The Morgan fingerprint density at radius 1 is 1.56 bits per heavy atom. The van der Waals surface area contributed by atoms with Gasteiger partial charge < -0.3 is 10.8 Å². The summed E-state index contributed by atoms with van der Waals surface area (Å²) in [4.78, 5) is 12.2. The number of fused-ring (bicyclic) bond motifs is 1. The Bertz CT molecular complexity index is 574. The summed E-state index contributed by atoms with van der Waals surface area (Å²) in [6, 6.07) is 0. The average molecular weight is 217 g/mol. The number of imidazole rings is 1. The topological polar surface area (TPSA) is 89.8 Å². The lowest BCUT2D eigenvalue weighted by atomic mass is 10.4. The molecule has 82 valence electrons. The highest BCUT2D eigenvalue weighted by atomic mass is 16.3. The first-order valence-electron chi connectivity index (χ1n) is 5.04. The van der Waals surface area contributed by atoms with Crippen LogP contribution in [-0.2, 0) is 0 Å². The van der Waals surface area contributed by atoms with E-state index in [2.05, 4.69) is 15.0 Å². The predicted octanol–water partition coefficient (Wildman–Crippen LogP) is 0.262. The molecule has 1 saturated carbocycles. The molecular formula is C10H11N5O. The highest BCUT2D eigenvalue weighted by molar-refractivity contribution is 5.73. The Kier molecular flexibility index (Phi) is 1.90. The van der Waals surface area contributed by atoms with Gasteiger partial charge in [0, 0.05) is 18.7 Å². The van der Waals surface area contributed by atoms with Crippen molar-refractivity contribution >= 4 is 23.3 Å². The van der Waals surface area contributed by atoms with Crippen molar-refractivity contribution in [1.82, 2.24) is 19.5 Å². The molecule has 1 fully saturated rings. The summed E-state index contributed by atoms with van der Waals surface area (Å²) in [6.45, 7) is 0.204. The lowest BCUT2D eigenvalue weighted by Crippen LogP contribution is -1.96.